The van der Waals surface area contributed by atoms with Gasteiger partial charge in [0, 0.05) is 17.8 Å². The van der Waals surface area contributed by atoms with Crippen LogP contribution in [0, 0.1) is 10.1 Å². The minimum Gasteiger partial charge on any atom is -0.484 e. The van der Waals surface area contributed by atoms with Crippen molar-refractivity contribution in [3.05, 3.63) is 76.3 Å². The molecule has 28 heavy (non-hydrogen) atoms. The summed E-state index contributed by atoms with van der Waals surface area (Å²) in [7, 11) is 0. The standard InChI is InChI=1S/C19H16N4O5/c20-15-7-14(8-16(10-15)23(26)27)19(25)22(21)18(24)11-28-17-6-5-12-3-1-2-4-13(12)9-17/h1-10H,11,20-21H2. The van der Waals surface area contributed by atoms with Crippen molar-refractivity contribution in [3.63, 3.8) is 0 Å². The summed E-state index contributed by atoms with van der Waals surface area (Å²) < 4.78 is 5.41. The van der Waals surface area contributed by atoms with Crippen molar-refractivity contribution in [2.75, 3.05) is 12.3 Å². The molecule has 9 nitrogen and oxygen atoms in total. The highest BCUT2D eigenvalue weighted by molar-refractivity contribution is 6.05. The first-order valence-electron chi connectivity index (χ1n) is 8.13. The van der Waals surface area contributed by atoms with E-state index in [0.717, 1.165) is 22.9 Å². The van der Waals surface area contributed by atoms with Crippen LogP contribution in [0.2, 0.25) is 0 Å². The largest absolute Gasteiger partial charge is 0.484 e. The maximum atomic E-state index is 12.3. The molecule has 0 radical (unpaired) electrons. The van der Waals surface area contributed by atoms with Crippen molar-refractivity contribution in [3.8, 4) is 5.75 Å². The lowest BCUT2D eigenvalue weighted by Crippen LogP contribution is -2.45. The van der Waals surface area contributed by atoms with E-state index in [-0.39, 0.29) is 16.9 Å². The number of nitrogens with two attached hydrogens (primary N) is 2. The van der Waals surface area contributed by atoms with E-state index in [1.54, 1.807) is 12.1 Å². The molecule has 0 heterocycles. The van der Waals surface area contributed by atoms with E-state index in [9.17, 15) is 19.7 Å². The first kappa shape index (κ1) is 18.8. The van der Waals surface area contributed by atoms with Crippen LogP contribution in [0.3, 0.4) is 0 Å². The van der Waals surface area contributed by atoms with Crippen LogP contribution in [0.25, 0.3) is 10.8 Å². The Bertz CT molecular complexity index is 1080. The summed E-state index contributed by atoms with van der Waals surface area (Å²) in [6, 6.07) is 16.2. The first-order valence-corrected chi connectivity index (χ1v) is 8.13. The monoisotopic (exact) mass is 380 g/mol. The number of rotatable bonds is 5. The fourth-order valence-electron chi connectivity index (χ4n) is 2.59. The number of fused-ring (bicyclic) bond motifs is 1. The molecule has 0 aromatic heterocycles. The molecule has 142 valence electrons. The Labute approximate surface area is 159 Å². The zero-order valence-electron chi connectivity index (χ0n) is 14.6. The smallest absolute Gasteiger partial charge is 0.281 e. The molecular weight excluding hydrogens is 364 g/mol. The summed E-state index contributed by atoms with van der Waals surface area (Å²) in [4.78, 5) is 34.7. The van der Waals surface area contributed by atoms with Gasteiger partial charge in [-0.2, -0.15) is 0 Å². The topological polar surface area (TPSA) is 142 Å². The number of nitro groups is 1. The normalized spacial score (nSPS) is 10.5. The molecule has 0 unspecified atom stereocenters. The Morgan fingerprint density at radius 2 is 1.75 bits per heavy atom. The summed E-state index contributed by atoms with van der Waals surface area (Å²) >= 11 is 0. The van der Waals surface area contributed by atoms with Crippen LogP contribution in [0.4, 0.5) is 11.4 Å². The maximum Gasteiger partial charge on any atom is 0.281 e. The van der Waals surface area contributed by atoms with Crippen molar-refractivity contribution in [1.29, 1.82) is 0 Å². The fraction of sp³-hybridized carbons (Fsp3) is 0.0526. The van der Waals surface area contributed by atoms with Crippen molar-refractivity contribution in [1.82, 2.24) is 5.01 Å². The number of hydrazine groups is 1. The van der Waals surface area contributed by atoms with E-state index in [0.29, 0.717) is 10.8 Å². The lowest BCUT2D eigenvalue weighted by Gasteiger charge is -2.15. The number of imide groups is 1. The molecule has 0 atom stereocenters. The summed E-state index contributed by atoms with van der Waals surface area (Å²) in [6.07, 6.45) is 0. The molecule has 0 fully saturated rings. The Hall–Kier alpha value is -3.98. The number of non-ortho nitro benzene ring substituents is 1. The van der Waals surface area contributed by atoms with Crippen molar-refractivity contribution < 1.29 is 19.2 Å². The van der Waals surface area contributed by atoms with E-state index < -0.39 is 23.3 Å². The molecule has 0 aliphatic heterocycles. The zero-order valence-corrected chi connectivity index (χ0v) is 14.6. The number of nitrogen functional groups attached to an aromatic ring is 1. The number of amides is 2. The molecule has 2 amide bonds. The van der Waals surface area contributed by atoms with Crippen LogP contribution in [-0.4, -0.2) is 28.4 Å². The van der Waals surface area contributed by atoms with Crippen molar-refractivity contribution in [2.45, 2.75) is 0 Å². The zero-order chi connectivity index (χ0) is 20.3. The van der Waals surface area contributed by atoms with Crippen molar-refractivity contribution >= 4 is 34.0 Å². The third kappa shape index (κ3) is 4.05. The number of carbonyl (C=O) groups excluding carboxylic acids is 2. The fourth-order valence-corrected chi connectivity index (χ4v) is 2.59. The predicted molar refractivity (Wildman–Crippen MR) is 102 cm³/mol. The quantitative estimate of drug-likeness (QED) is 0.227. The predicted octanol–water partition coefficient (Wildman–Crippen LogP) is 2.25. The lowest BCUT2D eigenvalue weighted by atomic mass is 10.1. The highest BCUT2D eigenvalue weighted by Crippen LogP contribution is 2.21. The van der Waals surface area contributed by atoms with Gasteiger partial charge in [0.25, 0.3) is 17.5 Å². The summed E-state index contributed by atoms with van der Waals surface area (Å²) in [5, 5.41) is 13.2. The Morgan fingerprint density at radius 1 is 1.04 bits per heavy atom. The Morgan fingerprint density at radius 3 is 2.46 bits per heavy atom. The summed E-state index contributed by atoms with van der Waals surface area (Å²) in [6.45, 7) is -0.481. The minimum absolute atomic E-state index is 0.00538. The molecular formula is C19H16N4O5. The van der Waals surface area contributed by atoms with Crippen LogP contribution in [0.1, 0.15) is 10.4 Å². The van der Waals surface area contributed by atoms with Crippen LogP contribution in [0.15, 0.2) is 60.7 Å². The maximum absolute atomic E-state index is 12.3. The van der Waals surface area contributed by atoms with Gasteiger partial charge in [0.1, 0.15) is 5.75 Å². The second-order valence-electron chi connectivity index (χ2n) is 5.94. The average Bonchev–Trinajstić information content (AvgIpc) is 2.70. The van der Waals surface area contributed by atoms with Crippen LogP contribution < -0.4 is 16.3 Å². The van der Waals surface area contributed by atoms with Gasteiger partial charge in [0.2, 0.25) is 0 Å². The molecule has 3 rings (SSSR count). The third-order valence-electron chi connectivity index (χ3n) is 3.97. The molecule has 3 aromatic rings. The molecule has 3 aromatic carbocycles. The molecule has 0 saturated carbocycles. The number of nitro benzene ring substituents is 1. The van der Waals surface area contributed by atoms with E-state index in [1.165, 1.54) is 6.07 Å². The van der Waals surface area contributed by atoms with E-state index in [4.69, 9.17) is 16.3 Å². The van der Waals surface area contributed by atoms with E-state index in [2.05, 4.69) is 0 Å². The van der Waals surface area contributed by atoms with Gasteiger partial charge in [-0.1, -0.05) is 30.3 Å². The van der Waals surface area contributed by atoms with E-state index in [1.807, 2.05) is 30.3 Å². The van der Waals surface area contributed by atoms with Gasteiger partial charge in [-0.15, -0.1) is 0 Å². The number of nitrogens with zero attached hydrogens (tertiary/aromatic N) is 2. The van der Waals surface area contributed by atoms with Gasteiger partial charge in [-0.05, 0) is 29.0 Å². The average molecular weight is 380 g/mol. The highest BCUT2D eigenvalue weighted by atomic mass is 16.6. The van der Waals surface area contributed by atoms with Crippen molar-refractivity contribution in [2.24, 2.45) is 5.84 Å². The minimum atomic E-state index is -0.928. The molecule has 0 aliphatic rings. The molecule has 0 aliphatic carbocycles. The van der Waals surface area contributed by atoms with Gasteiger partial charge in [0.15, 0.2) is 6.61 Å². The lowest BCUT2D eigenvalue weighted by molar-refractivity contribution is -0.384. The SMILES string of the molecule is Nc1cc(C(=O)N(N)C(=O)COc2ccc3ccccc3c2)cc([N+](=O)[O-])c1. The molecule has 0 spiro atoms. The van der Waals surface area contributed by atoms with Gasteiger partial charge in [-0.3, -0.25) is 19.7 Å². The summed E-state index contributed by atoms with van der Waals surface area (Å²) in [5.41, 5.74) is 5.02. The van der Waals surface area contributed by atoms with Gasteiger partial charge >= 0.3 is 0 Å². The number of hydrogen-bond donors (Lipinski definition) is 2. The molecule has 4 N–H and O–H groups in total. The molecule has 0 saturated heterocycles. The Kier molecular flexibility index (Phi) is 5.18. The van der Waals surface area contributed by atoms with Gasteiger partial charge in [0.05, 0.1) is 10.5 Å². The van der Waals surface area contributed by atoms with Crippen LogP contribution >= 0.6 is 0 Å². The molecule has 9 heteroatoms. The summed E-state index contributed by atoms with van der Waals surface area (Å²) in [5.74, 6) is 4.26. The third-order valence-corrected chi connectivity index (χ3v) is 3.97. The van der Waals surface area contributed by atoms with E-state index >= 15 is 0 Å². The highest BCUT2D eigenvalue weighted by Gasteiger charge is 2.22. The Balaban J connectivity index is 1.69. The van der Waals surface area contributed by atoms with Gasteiger partial charge in [-0.25, -0.2) is 10.9 Å². The number of ether oxygens (including phenoxy) is 1. The number of benzene rings is 3. The van der Waals surface area contributed by atoms with Gasteiger partial charge < -0.3 is 10.5 Å². The second kappa shape index (κ2) is 7.72. The first-order chi connectivity index (χ1) is 13.3. The van der Waals surface area contributed by atoms with Crippen LogP contribution in [-0.2, 0) is 4.79 Å². The molecule has 0 bridgehead atoms. The number of hydrogen-bond acceptors (Lipinski definition) is 7. The second-order valence-corrected chi connectivity index (χ2v) is 5.94. The number of anilines is 1. The number of carbonyl (C=O) groups is 2. The van der Waals surface area contributed by atoms with Crippen LogP contribution in [0.5, 0.6) is 5.75 Å².